The van der Waals surface area contributed by atoms with E-state index in [1.54, 1.807) is 16.9 Å². The monoisotopic (exact) mass is 573 g/mol. The van der Waals surface area contributed by atoms with Crippen LogP contribution in [0.1, 0.15) is 69.3 Å². The first-order chi connectivity index (χ1) is 18.1. The minimum absolute atomic E-state index is 0.129. The number of ether oxygens (including phenoxy) is 1. The van der Waals surface area contributed by atoms with Crippen molar-refractivity contribution in [2.75, 3.05) is 19.0 Å². The number of hydrogen-bond donors (Lipinski definition) is 2. The Hall–Kier alpha value is -2.60. The number of halogens is 3. The second kappa shape index (κ2) is 13.5. The minimum atomic E-state index is -2.64. The molecule has 0 saturated heterocycles. The highest BCUT2D eigenvalue weighted by Crippen LogP contribution is 2.39. The van der Waals surface area contributed by atoms with Crippen molar-refractivity contribution in [1.29, 1.82) is 0 Å². The Morgan fingerprint density at radius 3 is 2.53 bits per heavy atom. The number of anilines is 1. The molecule has 2 heterocycles. The molecule has 38 heavy (non-hydrogen) atoms. The molecule has 4 rings (SSSR count). The van der Waals surface area contributed by atoms with Crippen molar-refractivity contribution >= 4 is 34.9 Å². The van der Waals surface area contributed by atoms with E-state index in [1.165, 1.54) is 20.0 Å². The van der Waals surface area contributed by atoms with Gasteiger partial charge in [-0.1, -0.05) is 31.4 Å². The third kappa shape index (κ3) is 7.49. The Morgan fingerprint density at radius 1 is 1.26 bits per heavy atom. The lowest BCUT2D eigenvalue weighted by atomic mass is 9.83. The Bertz CT molecular complexity index is 1150. The average molecular weight is 574 g/mol. The maximum atomic E-state index is 13.6. The van der Waals surface area contributed by atoms with E-state index in [0.717, 1.165) is 18.8 Å². The van der Waals surface area contributed by atoms with Gasteiger partial charge in [-0.2, -0.15) is 13.5 Å². The molecule has 2 aromatic rings. The third-order valence-corrected chi connectivity index (χ3v) is 7.55. The topological polar surface area (TPSA) is 115 Å². The second-order valence-electron chi connectivity index (χ2n) is 9.94. The molecule has 2 N–H and O–H groups in total. The molecule has 13 heteroatoms. The zero-order valence-corrected chi connectivity index (χ0v) is 23.3. The molecule has 2 aliphatic carbocycles. The van der Waals surface area contributed by atoms with Crippen LogP contribution >= 0.6 is 11.6 Å². The van der Waals surface area contributed by atoms with Gasteiger partial charge in [0.05, 0.1) is 23.4 Å². The number of pyridine rings is 1. The van der Waals surface area contributed by atoms with E-state index in [2.05, 4.69) is 27.6 Å². The van der Waals surface area contributed by atoms with E-state index in [4.69, 9.17) is 24.8 Å². The normalized spacial score (nSPS) is 22.2. The highest BCUT2D eigenvalue weighted by atomic mass is 35.5. The summed E-state index contributed by atoms with van der Waals surface area (Å²) in [5.41, 5.74) is 1.29. The van der Waals surface area contributed by atoms with Crippen LogP contribution in [0, 0.1) is 11.8 Å². The van der Waals surface area contributed by atoms with E-state index in [9.17, 15) is 13.6 Å². The van der Waals surface area contributed by atoms with Gasteiger partial charge >= 0.3 is 11.6 Å². The first-order valence-electron chi connectivity index (χ1n) is 12.8. The fourth-order valence-electron chi connectivity index (χ4n) is 5.07. The van der Waals surface area contributed by atoms with E-state index in [1.807, 2.05) is 6.92 Å². The highest BCUT2D eigenvalue weighted by molar-refractivity contribution is 7.51. The van der Waals surface area contributed by atoms with Crippen LogP contribution in [0.25, 0.3) is 11.3 Å². The summed E-state index contributed by atoms with van der Waals surface area (Å²) in [6.07, 6.45) is 6.23. The molecule has 1 amide bonds. The summed E-state index contributed by atoms with van der Waals surface area (Å²) in [4.78, 5) is 17.4. The van der Waals surface area contributed by atoms with Crippen LogP contribution in [0.3, 0.4) is 0 Å². The number of alkyl halides is 2. The molecule has 0 aliphatic heterocycles. The molecule has 1 unspecified atom stereocenters. The van der Waals surface area contributed by atoms with Crippen molar-refractivity contribution in [3.8, 4) is 17.0 Å². The van der Waals surface area contributed by atoms with Crippen molar-refractivity contribution in [1.82, 2.24) is 20.1 Å². The molecule has 0 bridgehead atoms. The first-order valence-corrected chi connectivity index (χ1v) is 13.8. The number of rotatable bonds is 8. The van der Waals surface area contributed by atoms with Gasteiger partial charge in [-0.05, 0) is 38.0 Å². The standard InChI is InChI=1S/C25H34ClF2N5O2.O2S/c1-4-33-23(21(26)22(32-33)24(34)30-13-16-7-5-15(2)6-8-16)18-14-29-20(11-19(18)35-3)31-17-9-10-25(27,28)12-17;1-3-2/h11,14-17H,4-10,12-13H2,1-3H3,(H,29,31)(H,30,34);. The fourth-order valence-corrected chi connectivity index (χ4v) is 5.39. The van der Waals surface area contributed by atoms with Crippen LogP contribution in [-0.2, 0) is 18.1 Å². The summed E-state index contributed by atoms with van der Waals surface area (Å²) in [6, 6.07) is 1.32. The number of nitrogens with one attached hydrogen (secondary N) is 2. The number of aryl methyl sites for hydroxylation is 1. The molecule has 2 aromatic heterocycles. The van der Waals surface area contributed by atoms with Gasteiger partial charge in [-0.25, -0.2) is 13.8 Å². The first kappa shape index (κ1) is 29.9. The molecule has 2 aliphatic rings. The van der Waals surface area contributed by atoms with Crippen molar-refractivity contribution in [3.63, 3.8) is 0 Å². The third-order valence-electron chi connectivity index (χ3n) is 7.19. The predicted molar refractivity (Wildman–Crippen MR) is 141 cm³/mol. The molecule has 0 radical (unpaired) electrons. The largest absolute Gasteiger partial charge is 0.496 e. The molecule has 1 atom stereocenters. The van der Waals surface area contributed by atoms with Crippen LogP contribution in [0.4, 0.5) is 14.6 Å². The summed E-state index contributed by atoms with van der Waals surface area (Å²) in [7, 11) is 1.52. The molecule has 210 valence electrons. The fraction of sp³-hybridized carbons (Fsp3) is 0.640. The van der Waals surface area contributed by atoms with Crippen molar-refractivity contribution in [2.24, 2.45) is 11.8 Å². The number of carbonyl (C=O) groups is 1. The van der Waals surface area contributed by atoms with Gasteiger partial charge in [-0.3, -0.25) is 9.48 Å². The number of hydrogen-bond acceptors (Lipinski definition) is 7. The van der Waals surface area contributed by atoms with Crippen LogP contribution in [0.2, 0.25) is 5.02 Å². The summed E-state index contributed by atoms with van der Waals surface area (Å²) in [6.45, 7) is 5.28. The smallest absolute Gasteiger partial charge is 0.335 e. The van der Waals surface area contributed by atoms with Crippen LogP contribution in [0.5, 0.6) is 5.75 Å². The number of methoxy groups -OCH3 is 1. The van der Waals surface area contributed by atoms with Crippen LogP contribution in [0.15, 0.2) is 12.3 Å². The lowest BCUT2D eigenvalue weighted by Crippen LogP contribution is -2.31. The van der Waals surface area contributed by atoms with Gasteiger partial charge in [0.25, 0.3) is 5.91 Å². The van der Waals surface area contributed by atoms with Gasteiger partial charge in [0.15, 0.2) is 5.69 Å². The Balaban J connectivity index is 0.00000127. The van der Waals surface area contributed by atoms with Gasteiger partial charge in [0.2, 0.25) is 5.92 Å². The molecule has 0 spiro atoms. The van der Waals surface area contributed by atoms with Gasteiger partial charge < -0.3 is 15.4 Å². The Kier molecular flexibility index (Phi) is 10.6. The number of carbonyl (C=O) groups excluding carboxylic acids is 1. The maximum Gasteiger partial charge on any atom is 0.335 e. The average Bonchev–Trinajstić information content (AvgIpc) is 3.41. The van der Waals surface area contributed by atoms with Crippen molar-refractivity contribution in [3.05, 3.63) is 23.0 Å². The van der Waals surface area contributed by atoms with Gasteiger partial charge in [-0.15, -0.1) is 0 Å². The molecular formula is C25H34ClF2N5O4S. The molecule has 0 aromatic carbocycles. The Morgan fingerprint density at radius 2 is 1.95 bits per heavy atom. The number of aromatic nitrogens is 3. The number of amides is 1. The quantitative estimate of drug-likeness (QED) is 0.451. The lowest BCUT2D eigenvalue weighted by molar-refractivity contribution is 0.00851. The SMILES string of the molecule is CCn1nc(C(=O)NCC2CCC(C)CC2)c(Cl)c1-c1cnc(NC2CCC(F)(F)C2)cc1OC.O=S=O. The van der Waals surface area contributed by atoms with E-state index >= 15 is 0 Å². The molecule has 2 fully saturated rings. The maximum absolute atomic E-state index is 13.6. The zero-order valence-electron chi connectivity index (χ0n) is 21.8. The zero-order chi connectivity index (χ0) is 27.9. The summed E-state index contributed by atoms with van der Waals surface area (Å²) in [5.74, 6) is -0.794. The van der Waals surface area contributed by atoms with Crippen LogP contribution < -0.4 is 15.4 Å². The highest BCUT2D eigenvalue weighted by Gasteiger charge is 2.39. The van der Waals surface area contributed by atoms with Crippen molar-refractivity contribution < 1.29 is 26.7 Å². The van der Waals surface area contributed by atoms with Gasteiger partial charge in [0.1, 0.15) is 11.6 Å². The van der Waals surface area contributed by atoms with E-state index < -0.39 is 17.5 Å². The number of nitrogens with zero attached hydrogens (tertiary/aromatic N) is 3. The summed E-state index contributed by atoms with van der Waals surface area (Å²) in [5, 5.41) is 10.8. The van der Waals surface area contributed by atoms with Crippen LogP contribution in [-0.4, -0.2) is 54.7 Å². The van der Waals surface area contributed by atoms with E-state index in [-0.39, 0.29) is 35.5 Å². The lowest BCUT2D eigenvalue weighted by Gasteiger charge is -2.26. The predicted octanol–water partition coefficient (Wildman–Crippen LogP) is 5.11. The van der Waals surface area contributed by atoms with Gasteiger partial charge in [0, 0.05) is 44.2 Å². The minimum Gasteiger partial charge on any atom is -0.496 e. The summed E-state index contributed by atoms with van der Waals surface area (Å²) < 4.78 is 50.9. The second-order valence-corrected chi connectivity index (χ2v) is 10.5. The van der Waals surface area contributed by atoms with E-state index in [0.29, 0.717) is 48.3 Å². The summed E-state index contributed by atoms with van der Waals surface area (Å²) >= 11 is 5.94. The molecule has 9 nitrogen and oxygen atoms in total. The molecule has 2 saturated carbocycles. The van der Waals surface area contributed by atoms with Crippen molar-refractivity contribution in [2.45, 2.75) is 77.3 Å². The molecular weight excluding hydrogens is 540 g/mol. The Labute approximate surface area is 229 Å².